The number of carbonyl (C=O) groups excluding carboxylic acids is 3. The SMILES string of the molecule is BCc1cc(CB)c(CB)c(C(=O)OC2C3CC4C2OC(=O)C4C3C(=O)OCCS(=O)(=O)O)c1. The van der Waals surface area contributed by atoms with Crippen LogP contribution in [0.5, 0.6) is 0 Å². The van der Waals surface area contributed by atoms with Crippen LogP contribution in [0, 0.1) is 23.7 Å². The van der Waals surface area contributed by atoms with E-state index in [-0.39, 0.29) is 5.92 Å². The lowest BCUT2D eigenvalue weighted by Crippen LogP contribution is -2.44. The number of rotatable bonds is 9. The number of benzene rings is 1. The highest BCUT2D eigenvalue weighted by Gasteiger charge is 2.70. The van der Waals surface area contributed by atoms with Crippen molar-refractivity contribution in [2.24, 2.45) is 23.7 Å². The van der Waals surface area contributed by atoms with E-state index in [0.717, 1.165) is 29.3 Å². The van der Waals surface area contributed by atoms with E-state index in [1.807, 2.05) is 29.6 Å². The summed E-state index contributed by atoms with van der Waals surface area (Å²) in [6, 6.07) is 3.95. The number of hydrogen-bond acceptors (Lipinski definition) is 8. The number of hydrogen-bond donors (Lipinski definition) is 1. The monoisotopic (exact) mass is 488 g/mol. The Labute approximate surface area is 201 Å². The van der Waals surface area contributed by atoms with Gasteiger partial charge in [-0.25, -0.2) is 4.79 Å². The Kier molecular flexibility index (Phi) is 6.88. The normalized spacial score (nSPS) is 29.1. The van der Waals surface area contributed by atoms with Gasteiger partial charge in [0.1, 0.15) is 48.1 Å². The van der Waals surface area contributed by atoms with Gasteiger partial charge in [-0.1, -0.05) is 36.2 Å². The highest BCUT2D eigenvalue weighted by Crippen LogP contribution is 2.59. The first-order chi connectivity index (χ1) is 16.1. The van der Waals surface area contributed by atoms with Gasteiger partial charge in [0.2, 0.25) is 0 Å². The summed E-state index contributed by atoms with van der Waals surface area (Å²) < 4.78 is 47.2. The van der Waals surface area contributed by atoms with Crippen LogP contribution in [-0.4, -0.2) is 79.0 Å². The van der Waals surface area contributed by atoms with Gasteiger partial charge in [0.15, 0.2) is 0 Å². The van der Waals surface area contributed by atoms with Crippen LogP contribution in [0.25, 0.3) is 0 Å². The predicted octanol–water partition coefficient (Wildman–Crippen LogP) is -2.15. The van der Waals surface area contributed by atoms with E-state index in [9.17, 15) is 22.8 Å². The molecule has 1 aromatic rings. The lowest BCUT2D eigenvalue weighted by molar-refractivity contribution is -0.155. The summed E-state index contributed by atoms with van der Waals surface area (Å²) in [5.74, 6) is -4.79. The molecule has 34 heavy (non-hydrogen) atoms. The average Bonchev–Trinajstić information content (AvgIpc) is 3.40. The van der Waals surface area contributed by atoms with Crippen LogP contribution in [-0.2, 0) is 52.9 Å². The molecule has 2 aliphatic carbocycles. The summed E-state index contributed by atoms with van der Waals surface area (Å²) in [6.07, 6.45) is 1.32. The summed E-state index contributed by atoms with van der Waals surface area (Å²) in [7, 11) is 1.75. The van der Waals surface area contributed by atoms with Gasteiger partial charge in [0, 0.05) is 11.8 Å². The number of carbonyl (C=O) groups is 3. The summed E-state index contributed by atoms with van der Waals surface area (Å²) in [5, 5.41) is 0. The lowest BCUT2D eigenvalue weighted by Gasteiger charge is -2.30. The third-order valence-corrected chi connectivity index (χ3v) is 8.09. The van der Waals surface area contributed by atoms with Crippen molar-refractivity contribution < 1.29 is 41.6 Å². The van der Waals surface area contributed by atoms with Gasteiger partial charge in [-0.3, -0.25) is 14.1 Å². The maximum Gasteiger partial charge on any atom is 0.338 e. The van der Waals surface area contributed by atoms with Gasteiger partial charge >= 0.3 is 17.9 Å². The Balaban J connectivity index is 1.56. The molecular weight excluding hydrogens is 461 g/mol. The first-order valence-electron chi connectivity index (χ1n) is 11.8. The molecule has 0 aromatic heterocycles. The van der Waals surface area contributed by atoms with E-state index in [0.29, 0.717) is 18.3 Å². The van der Waals surface area contributed by atoms with Crippen LogP contribution in [0.2, 0.25) is 0 Å². The molecule has 3 fully saturated rings. The van der Waals surface area contributed by atoms with Crippen molar-refractivity contribution in [3.05, 3.63) is 34.4 Å². The van der Waals surface area contributed by atoms with E-state index < -0.39 is 70.3 Å². The molecule has 13 heteroatoms. The molecule has 3 aliphatic rings. The molecular formula is C21H27B3O9S. The Morgan fingerprint density at radius 2 is 1.85 bits per heavy atom. The number of fused-ring (bicyclic) bond motifs is 1. The Hall–Kier alpha value is -2.27. The predicted molar refractivity (Wildman–Crippen MR) is 128 cm³/mol. The molecule has 1 heterocycles. The molecule has 2 bridgehead atoms. The van der Waals surface area contributed by atoms with Crippen molar-refractivity contribution in [3.8, 4) is 0 Å². The third kappa shape index (κ3) is 4.40. The van der Waals surface area contributed by atoms with Crippen molar-refractivity contribution in [3.63, 3.8) is 0 Å². The lowest BCUT2D eigenvalue weighted by atomic mass is 9.78. The zero-order chi connectivity index (χ0) is 24.8. The Bertz CT molecular complexity index is 1120. The fourth-order valence-electron chi connectivity index (χ4n) is 5.92. The van der Waals surface area contributed by atoms with Crippen molar-refractivity contribution in [2.45, 2.75) is 37.6 Å². The van der Waals surface area contributed by atoms with Crippen molar-refractivity contribution >= 4 is 51.6 Å². The summed E-state index contributed by atoms with van der Waals surface area (Å²) in [4.78, 5) is 38.6. The van der Waals surface area contributed by atoms with E-state index in [4.69, 9.17) is 18.8 Å². The molecule has 0 radical (unpaired) electrons. The molecule has 6 unspecified atom stereocenters. The van der Waals surface area contributed by atoms with Gasteiger partial charge in [0.05, 0.1) is 17.4 Å². The minimum Gasteiger partial charge on any atom is -0.464 e. The fourth-order valence-corrected chi connectivity index (χ4v) is 6.21. The zero-order valence-corrected chi connectivity index (χ0v) is 20.3. The zero-order valence-electron chi connectivity index (χ0n) is 19.5. The summed E-state index contributed by atoms with van der Waals surface area (Å²) >= 11 is 0. The van der Waals surface area contributed by atoms with Crippen molar-refractivity contribution in [1.29, 1.82) is 0 Å². The molecule has 6 atom stereocenters. The summed E-state index contributed by atoms with van der Waals surface area (Å²) in [6.45, 7) is -0.523. The van der Waals surface area contributed by atoms with Crippen LogP contribution < -0.4 is 0 Å². The smallest absolute Gasteiger partial charge is 0.338 e. The molecule has 1 saturated heterocycles. The van der Waals surface area contributed by atoms with Gasteiger partial charge in [-0.2, -0.15) is 8.42 Å². The van der Waals surface area contributed by atoms with Crippen LogP contribution in [0.4, 0.5) is 0 Å². The molecule has 9 nitrogen and oxygen atoms in total. The molecule has 180 valence electrons. The second-order valence-corrected chi connectivity index (χ2v) is 10.8. The first kappa shape index (κ1) is 24.8. The van der Waals surface area contributed by atoms with E-state index >= 15 is 0 Å². The van der Waals surface area contributed by atoms with Gasteiger partial charge in [-0.15, -0.1) is 0 Å². The molecule has 2 saturated carbocycles. The standard InChI is InChI=1S/C21H27B3O9S/c22-6-9-3-10(7-23)14(8-24)11(4-9)19(25)32-17-12-5-13-16(21(27)33-18(13)17)15(12)20(26)31-1-2-34(28,29)30/h3-4,12-13,15-18H,1-2,5-8,22-24H2,(H,28,29,30). The summed E-state index contributed by atoms with van der Waals surface area (Å²) in [5.41, 5.74) is 3.54. The first-order valence-corrected chi connectivity index (χ1v) is 13.4. The topological polar surface area (TPSA) is 133 Å². The van der Waals surface area contributed by atoms with Gasteiger partial charge in [-0.05, 0) is 18.1 Å². The van der Waals surface area contributed by atoms with Crippen LogP contribution >= 0.6 is 0 Å². The third-order valence-electron chi connectivity index (χ3n) is 7.41. The highest BCUT2D eigenvalue weighted by atomic mass is 32.2. The second-order valence-electron chi connectivity index (χ2n) is 9.18. The molecule has 0 spiro atoms. The van der Waals surface area contributed by atoms with Crippen molar-refractivity contribution in [2.75, 3.05) is 12.4 Å². The van der Waals surface area contributed by atoms with E-state index in [1.165, 1.54) is 0 Å². The Morgan fingerprint density at radius 1 is 1.12 bits per heavy atom. The van der Waals surface area contributed by atoms with Crippen LogP contribution in [0.3, 0.4) is 0 Å². The van der Waals surface area contributed by atoms with Crippen LogP contribution in [0.1, 0.15) is 33.5 Å². The second kappa shape index (κ2) is 9.41. The molecule has 4 rings (SSSR count). The quantitative estimate of drug-likeness (QED) is 0.179. The average molecular weight is 488 g/mol. The molecule has 1 aliphatic heterocycles. The highest BCUT2D eigenvalue weighted by molar-refractivity contribution is 7.85. The van der Waals surface area contributed by atoms with Crippen molar-refractivity contribution in [1.82, 2.24) is 0 Å². The van der Waals surface area contributed by atoms with E-state index in [2.05, 4.69) is 6.07 Å². The Morgan fingerprint density at radius 3 is 2.47 bits per heavy atom. The maximum atomic E-state index is 13.3. The molecule has 0 amide bonds. The fraction of sp³-hybridized carbons (Fsp3) is 0.571. The maximum absolute atomic E-state index is 13.3. The number of esters is 3. The van der Waals surface area contributed by atoms with Gasteiger partial charge < -0.3 is 14.2 Å². The molecule has 1 aromatic carbocycles. The van der Waals surface area contributed by atoms with E-state index in [1.54, 1.807) is 0 Å². The minimum absolute atomic E-state index is 0.256. The molecule has 1 N–H and O–H groups in total. The minimum atomic E-state index is -4.29. The number of ether oxygens (including phenoxy) is 3. The van der Waals surface area contributed by atoms with Crippen LogP contribution in [0.15, 0.2) is 12.1 Å². The van der Waals surface area contributed by atoms with Gasteiger partial charge in [0.25, 0.3) is 10.1 Å². The largest absolute Gasteiger partial charge is 0.464 e.